The van der Waals surface area contributed by atoms with Crippen LogP contribution in [0.1, 0.15) is 19.4 Å². The van der Waals surface area contributed by atoms with Crippen molar-refractivity contribution < 1.29 is 9.90 Å². The van der Waals surface area contributed by atoms with E-state index in [1.54, 1.807) is 0 Å². The lowest BCUT2D eigenvalue weighted by Crippen LogP contribution is -1.89. The molecule has 118 valence electrons. The molecule has 0 aliphatic carbocycles. The largest absolute Gasteiger partial charge is 0.481 e. The minimum atomic E-state index is -0.833. The minimum Gasteiger partial charge on any atom is -0.481 e. The molecule has 0 saturated heterocycles. The first kappa shape index (κ1) is 16.5. The SMILES string of the molecule is CC(=N)c1cn(C)c2ccc(-c3ccccc3)cc12.CC(=O)O. The van der Waals surface area contributed by atoms with Crippen LogP contribution in [-0.2, 0) is 11.8 Å². The van der Waals surface area contributed by atoms with Crippen molar-refractivity contribution in [1.29, 1.82) is 5.41 Å². The summed E-state index contributed by atoms with van der Waals surface area (Å²) in [6.07, 6.45) is 2.03. The van der Waals surface area contributed by atoms with E-state index in [0.717, 1.165) is 17.9 Å². The molecule has 0 radical (unpaired) electrons. The van der Waals surface area contributed by atoms with Gasteiger partial charge in [0.2, 0.25) is 0 Å². The van der Waals surface area contributed by atoms with Crippen molar-refractivity contribution in [3.05, 3.63) is 60.3 Å². The van der Waals surface area contributed by atoms with Gasteiger partial charge in [-0.25, -0.2) is 0 Å². The Morgan fingerprint density at radius 1 is 1.04 bits per heavy atom. The summed E-state index contributed by atoms with van der Waals surface area (Å²) in [5, 5.41) is 16.5. The van der Waals surface area contributed by atoms with Crippen LogP contribution in [0.2, 0.25) is 0 Å². The number of hydrogen-bond acceptors (Lipinski definition) is 2. The molecular weight excluding hydrogens is 288 g/mol. The smallest absolute Gasteiger partial charge is 0.300 e. The fourth-order valence-electron chi connectivity index (χ4n) is 2.50. The third-order valence-corrected chi connectivity index (χ3v) is 3.50. The number of benzene rings is 2. The predicted octanol–water partition coefficient (Wildman–Crippen LogP) is 4.32. The molecule has 0 saturated carbocycles. The van der Waals surface area contributed by atoms with E-state index in [4.69, 9.17) is 15.3 Å². The Morgan fingerprint density at radius 2 is 1.65 bits per heavy atom. The summed E-state index contributed by atoms with van der Waals surface area (Å²) in [5.41, 5.74) is 5.19. The molecule has 0 bridgehead atoms. The normalized spacial score (nSPS) is 10.0. The lowest BCUT2D eigenvalue weighted by Gasteiger charge is -2.03. The van der Waals surface area contributed by atoms with Gasteiger partial charge >= 0.3 is 0 Å². The number of hydrogen-bond donors (Lipinski definition) is 2. The van der Waals surface area contributed by atoms with Gasteiger partial charge in [0.05, 0.1) is 0 Å². The van der Waals surface area contributed by atoms with E-state index in [2.05, 4.69) is 34.9 Å². The molecule has 1 heterocycles. The van der Waals surface area contributed by atoms with Gasteiger partial charge in [0, 0.05) is 42.3 Å². The summed E-state index contributed by atoms with van der Waals surface area (Å²) >= 11 is 0. The number of carbonyl (C=O) groups is 1. The summed E-state index contributed by atoms with van der Waals surface area (Å²) in [6, 6.07) is 16.8. The van der Waals surface area contributed by atoms with Crippen molar-refractivity contribution in [3.8, 4) is 11.1 Å². The number of rotatable bonds is 2. The van der Waals surface area contributed by atoms with E-state index in [0.29, 0.717) is 5.71 Å². The average molecular weight is 308 g/mol. The van der Waals surface area contributed by atoms with Gasteiger partial charge in [0.25, 0.3) is 5.97 Å². The quantitative estimate of drug-likeness (QED) is 0.692. The molecule has 2 aromatic carbocycles. The maximum Gasteiger partial charge on any atom is 0.300 e. The highest BCUT2D eigenvalue weighted by Crippen LogP contribution is 2.27. The molecule has 0 fully saturated rings. The third kappa shape index (κ3) is 3.86. The van der Waals surface area contributed by atoms with Crippen LogP contribution in [0.15, 0.2) is 54.7 Å². The van der Waals surface area contributed by atoms with E-state index in [-0.39, 0.29) is 0 Å². The second-order valence-electron chi connectivity index (χ2n) is 5.40. The molecule has 23 heavy (non-hydrogen) atoms. The first-order chi connectivity index (χ1) is 10.9. The Kier molecular flexibility index (Phi) is 4.96. The zero-order valence-corrected chi connectivity index (χ0v) is 13.5. The van der Waals surface area contributed by atoms with Gasteiger partial charge in [0.1, 0.15) is 0 Å². The fourth-order valence-corrected chi connectivity index (χ4v) is 2.50. The molecule has 3 rings (SSSR count). The van der Waals surface area contributed by atoms with E-state index in [1.807, 2.05) is 38.4 Å². The van der Waals surface area contributed by atoms with Gasteiger partial charge in [-0.15, -0.1) is 0 Å². The molecule has 0 unspecified atom stereocenters. The highest BCUT2D eigenvalue weighted by atomic mass is 16.4. The summed E-state index contributed by atoms with van der Waals surface area (Å²) in [7, 11) is 2.02. The molecule has 0 aliphatic rings. The molecule has 4 nitrogen and oxygen atoms in total. The van der Waals surface area contributed by atoms with Crippen molar-refractivity contribution in [2.45, 2.75) is 13.8 Å². The van der Waals surface area contributed by atoms with E-state index < -0.39 is 5.97 Å². The predicted molar refractivity (Wildman–Crippen MR) is 94.2 cm³/mol. The highest BCUT2D eigenvalue weighted by molar-refractivity contribution is 6.09. The summed E-state index contributed by atoms with van der Waals surface area (Å²) in [5.74, 6) is -0.833. The van der Waals surface area contributed by atoms with Crippen molar-refractivity contribution in [2.75, 3.05) is 0 Å². The molecule has 0 aliphatic heterocycles. The number of carboxylic acids is 1. The van der Waals surface area contributed by atoms with E-state index >= 15 is 0 Å². The molecule has 0 amide bonds. The Bertz CT molecular complexity index is 844. The second-order valence-corrected chi connectivity index (χ2v) is 5.40. The van der Waals surface area contributed by atoms with Crippen LogP contribution in [0.25, 0.3) is 22.0 Å². The van der Waals surface area contributed by atoms with Crippen LogP contribution in [0.3, 0.4) is 0 Å². The van der Waals surface area contributed by atoms with Crippen LogP contribution in [0, 0.1) is 5.41 Å². The molecule has 0 atom stereocenters. The van der Waals surface area contributed by atoms with Crippen LogP contribution < -0.4 is 0 Å². The van der Waals surface area contributed by atoms with Crippen LogP contribution in [-0.4, -0.2) is 21.4 Å². The highest BCUT2D eigenvalue weighted by Gasteiger charge is 2.09. The third-order valence-electron chi connectivity index (χ3n) is 3.50. The van der Waals surface area contributed by atoms with Crippen molar-refractivity contribution >= 4 is 22.6 Å². The first-order valence-corrected chi connectivity index (χ1v) is 7.29. The van der Waals surface area contributed by atoms with Gasteiger partial charge in [-0.3, -0.25) is 4.79 Å². The number of aryl methyl sites for hydroxylation is 1. The van der Waals surface area contributed by atoms with Crippen molar-refractivity contribution in [3.63, 3.8) is 0 Å². The topological polar surface area (TPSA) is 66.1 Å². The number of nitrogens with zero attached hydrogens (tertiary/aromatic N) is 1. The maximum absolute atomic E-state index is 9.00. The second kappa shape index (κ2) is 6.92. The van der Waals surface area contributed by atoms with Crippen LogP contribution in [0.4, 0.5) is 0 Å². The van der Waals surface area contributed by atoms with Crippen molar-refractivity contribution in [1.82, 2.24) is 4.57 Å². The Labute approximate surface area is 135 Å². The number of carboxylic acid groups (broad SMARTS) is 1. The molecule has 2 N–H and O–H groups in total. The summed E-state index contributed by atoms with van der Waals surface area (Å²) in [4.78, 5) is 9.00. The molecule has 1 aromatic heterocycles. The van der Waals surface area contributed by atoms with Gasteiger partial charge in [0.15, 0.2) is 0 Å². The van der Waals surface area contributed by atoms with Crippen molar-refractivity contribution in [2.24, 2.45) is 7.05 Å². The van der Waals surface area contributed by atoms with Crippen LogP contribution in [0.5, 0.6) is 0 Å². The Morgan fingerprint density at radius 3 is 2.22 bits per heavy atom. The van der Waals surface area contributed by atoms with Gasteiger partial charge in [-0.05, 0) is 30.2 Å². The van der Waals surface area contributed by atoms with Gasteiger partial charge in [-0.2, -0.15) is 0 Å². The Balaban J connectivity index is 0.000000433. The maximum atomic E-state index is 9.00. The first-order valence-electron chi connectivity index (χ1n) is 7.29. The number of aromatic nitrogens is 1. The Hall–Kier alpha value is -2.88. The number of nitrogens with one attached hydrogen (secondary N) is 1. The lowest BCUT2D eigenvalue weighted by atomic mass is 10.0. The molecule has 0 spiro atoms. The lowest BCUT2D eigenvalue weighted by molar-refractivity contribution is -0.134. The molecular formula is C19H20N2O2. The van der Waals surface area contributed by atoms with Crippen LogP contribution >= 0.6 is 0 Å². The van der Waals surface area contributed by atoms with Gasteiger partial charge in [-0.1, -0.05) is 36.4 Å². The molecule has 3 aromatic rings. The van der Waals surface area contributed by atoms with E-state index in [1.165, 1.54) is 16.6 Å². The summed E-state index contributed by atoms with van der Waals surface area (Å²) in [6.45, 7) is 2.92. The standard InChI is InChI=1S/C17H16N2.C2H4O2/c1-12(18)16-11-19(2)17-9-8-14(10-15(16)17)13-6-4-3-5-7-13;1-2(3)4/h3-11,18H,1-2H3;1H3,(H,3,4). The minimum absolute atomic E-state index is 0.607. The summed E-state index contributed by atoms with van der Waals surface area (Å²) < 4.78 is 2.08. The van der Waals surface area contributed by atoms with E-state index in [9.17, 15) is 0 Å². The van der Waals surface area contributed by atoms with Gasteiger partial charge < -0.3 is 15.1 Å². The molecule has 4 heteroatoms. The number of fused-ring (bicyclic) bond motifs is 1. The average Bonchev–Trinajstić information content (AvgIpc) is 2.84. The number of aliphatic carboxylic acids is 1. The zero-order chi connectivity index (χ0) is 17.0. The monoisotopic (exact) mass is 308 g/mol. The fraction of sp³-hybridized carbons (Fsp3) is 0.158. The zero-order valence-electron chi connectivity index (χ0n) is 13.5.